The van der Waals surface area contributed by atoms with Gasteiger partial charge in [0.1, 0.15) is 0 Å². The summed E-state index contributed by atoms with van der Waals surface area (Å²) in [6.07, 6.45) is 12.2. The van der Waals surface area contributed by atoms with E-state index in [2.05, 4.69) is 27.5 Å². The topological polar surface area (TPSA) is 29.9 Å². The lowest BCUT2D eigenvalue weighted by atomic mass is 10.00. The van der Waals surface area contributed by atoms with Crippen molar-refractivity contribution in [3.05, 3.63) is 18.0 Å². The van der Waals surface area contributed by atoms with E-state index in [0.29, 0.717) is 6.04 Å². The zero-order chi connectivity index (χ0) is 10.1. The maximum Gasteiger partial charge on any atom is 0.0522 e. The highest BCUT2D eigenvalue weighted by Crippen LogP contribution is 2.34. The molecule has 1 atom stereocenters. The Morgan fingerprint density at radius 2 is 2.27 bits per heavy atom. The number of nitrogens with one attached hydrogen (secondary N) is 1. The predicted octanol–water partition coefficient (Wildman–Crippen LogP) is 1.90. The molecule has 0 amide bonds. The van der Waals surface area contributed by atoms with Gasteiger partial charge in [-0.05, 0) is 44.2 Å². The predicted molar refractivity (Wildman–Crippen MR) is 59.8 cm³/mol. The van der Waals surface area contributed by atoms with Gasteiger partial charge in [-0.15, -0.1) is 0 Å². The van der Waals surface area contributed by atoms with E-state index in [9.17, 15) is 0 Å². The van der Waals surface area contributed by atoms with Gasteiger partial charge in [0.2, 0.25) is 0 Å². The second-order valence-electron chi connectivity index (χ2n) is 4.91. The lowest BCUT2D eigenvalue weighted by Crippen LogP contribution is -2.35. The minimum Gasteiger partial charge on any atom is -0.314 e. The van der Waals surface area contributed by atoms with Crippen molar-refractivity contribution >= 4 is 0 Å². The number of nitrogens with zero attached hydrogens (tertiary/aromatic N) is 2. The third-order valence-corrected chi connectivity index (χ3v) is 3.47. The van der Waals surface area contributed by atoms with Crippen LogP contribution < -0.4 is 5.32 Å². The van der Waals surface area contributed by atoms with Gasteiger partial charge in [0.15, 0.2) is 0 Å². The van der Waals surface area contributed by atoms with E-state index in [4.69, 9.17) is 0 Å². The molecule has 2 heterocycles. The van der Waals surface area contributed by atoms with Gasteiger partial charge in [-0.25, -0.2) is 0 Å². The minimum absolute atomic E-state index is 0.690. The molecule has 1 N–H and O–H groups in total. The molecule has 0 aromatic carbocycles. The van der Waals surface area contributed by atoms with Crippen molar-refractivity contribution in [3.8, 4) is 0 Å². The third kappa shape index (κ3) is 2.23. The summed E-state index contributed by atoms with van der Waals surface area (Å²) in [6, 6.07) is 1.41. The molecular formula is C12H19N3. The zero-order valence-electron chi connectivity index (χ0n) is 9.15. The molecule has 1 aliphatic heterocycles. The minimum atomic E-state index is 0.690. The van der Waals surface area contributed by atoms with Crippen LogP contribution in [-0.4, -0.2) is 22.4 Å². The fourth-order valence-corrected chi connectivity index (χ4v) is 2.40. The molecule has 1 aromatic rings. The number of aromatic nitrogens is 2. The van der Waals surface area contributed by atoms with Crippen LogP contribution in [0.1, 0.15) is 43.7 Å². The van der Waals surface area contributed by atoms with Gasteiger partial charge in [-0.1, -0.05) is 6.42 Å². The normalized spacial score (nSPS) is 26.8. The summed E-state index contributed by atoms with van der Waals surface area (Å²) in [4.78, 5) is 0. The molecule has 3 rings (SSSR count). The molecule has 0 spiro atoms. The van der Waals surface area contributed by atoms with Crippen LogP contribution in [-0.2, 0) is 6.42 Å². The summed E-state index contributed by atoms with van der Waals surface area (Å²) < 4.78 is 2.15. The van der Waals surface area contributed by atoms with Crippen molar-refractivity contribution in [1.29, 1.82) is 0 Å². The molecule has 0 bridgehead atoms. The van der Waals surface area contributed by atoms with Gasteiger partial charge >= 0.3 is 0 Å². The maximum absolute atomic E-state index is 4.43. The van der Waals surface area contributed by atoms with Crippen LogP contribution in [0.25, 0.3) is 0 Å². The summed E-state index contributed by atoms with van der Waals surface area (Å²) in [5, 5.41) is 8.02. The first kappa shape index (κ1) is 9.40. The van der Waals surface area contributed by atoms with Gasteiger partial charge in [0.05, 0.1) is 12.2 Å². The molecule has 1 aliphatic carbocycles. The van der Waals surface area contributed by atoms with Crippen LogP contribution in [0.3, 0.4) is 0 Å². The highest BCUT2D eigenvalue weighted by atomic mass is 15.3. The van der Waals surface area contributed by atoms with Gasteiger partial charge in [-0.2, -0.15) is 5.10 Å². The first-order valence-electron chi connectivity index (χ1n) is 6.18. The van der Waals surface area contributed by atoms with Crippen molar-refractivity contribution in [1.82, 2.24) is 15.1 Å². The van der Waals surface area contributed by atoms with Crippen LogP contribution in [0.5, 0.6) is 0 Å². The highest BCUT2D eigenvalue weighted by molar-refractivity contribution is 5.08. The Hall–Kier alpha value is -0.830. The van der Waals surface area contributed by atoms with Crippen molar-refractivity contribution in [2.24, 2.45) is 0 Å². The van der Waals surface area contributed by atoms with E-state index in [1.165, 1.54) is 44.2 Å². The van der Waals surface area contributed by atoms with Crippen molar-refractivity contribution in [2.45, 2.75) is 50.6 Å². The van der Waals surface area contributed by atoms with Crippen LogP contribution >= 0.6 is 0 Å². The van der Waals surface area contributed by atoms with E-state index in [1.54, 1.807) is 0 Å². The molecule has 1 aromatic heterocycles. The Bertz CT molecular complexity index is 321. The second-order valence-corrected chi connectivity index (χ2v) is 4.91. The average Bonchev–Trinajstić information content (AvgIpc) is 3.02. The van der Waals surface area contributed by atoms with Crippen molar-refractivity contribution in [2.75, 3.05) is 6.54 Å². The third-order valence-electron chi connectivity index (χ3n) is 3.47. The van der Waals surface area contributed by atoms with E-state index < -0.39 is 0 Å². The van der Waals surface area contributed by atoms with Crippen LogP contribution in [0.15, 0.2) is 12.4 Å². The first-order valence-corrected chi connectivity index (χ1v) is 6.18. The molecule has 1 unspecified atom stereocenters. The fourth-order valence-electron chi connectivity index (χ4n) is 2.40. The lowest BCUT2D eigenvalue weighted by molar-refractivity contribution is 0.399. The summed E-state index contributed by atoms with van der Waals surface area (Å²) in [5.74, 6) is 0. The largest absolute Gasteiger partial charge is 0.314 e. The Kier molecular flexibility index (Phi) is 2.49. The van der Waals surface area contributed by atoms with Gasteiger partial charge < -0.3 is 5.32 Å². The Morgan fingerprint density at radius 1 is 1.33 bits per heavy atom. The molecule has 1 saturated heterocycles. The van der Waals surface area contributed by atoms with E-state index in [1.807, 2.05) is 0 Å². The van der Waals surface area contributed by atoms with Crippen LogP contribution in [0, 0.1) is 0 Å². The first-order chi connectivity index (χ1) is 7.42. The number of hydrogen-bond donors (Lipinski definition) is 1. The van der Waals surface area contributed by atoms with Crippen LogP contribution in [0.2, 0.25) is 0 Å². The van der Waals surface area contributed by atoms with Gasteiger partial charge in [-0.3, -0.25) is 4.68 Å². The summed E-state index contributed by atoms with van der Waals surface area (Å²) in [6.45, 7) is 1.20. The standard InChI is InChI=1S/C12H19N3/c1-2-6-13-11(3-1)7-10-8-14-15(9-10)12-4-5-12/h8-9,11-13H,1-7H2. The maximum atomic E-state index is 4.43. The average molecular weight is 205 g/mol. The van der Waals surface area contributed by atoms with Crippen molar-refractivity contribution in [3.63, 3.8) is 0 Å². The smallest absolute Gasteiger partial charge is 0.0522 e. The summed E-state index contributed by atoms with van der Waals surface area (Å²) >= 11 is 0. The summed E-state index contributed by atoms with van der Waals surface area (Å²) in [7, 11) is 0. The molecular weight excluding hydrogens is 186 g/mol. The highest BCUT2D eigenvalue weighted by Gasteiger charge is 2.24. The number of piperidine rings is 1. The summed E-state index contributed by atoms with van der Waals surface area (Å²) in [5.41, 5.74) is 1.40. The Labute approximate surface area is 90.9 Å². The quantitative estimate of drug-likeness (QED) is 0.817. The zero-order valence-corrected chi connectivity index (χ0v) is 9.15. The molecule has 3 nitrogen and oxygen atoms in total. The molecule has 2 aliphatic rings. The molecule has 82 valence electrons. The molecule has 3 heteroatoms. The lowest BCUT2D eigenvalue weighted by Gasteiger charge is -2.22. The fraction of sp³-hybridized carbons (Fsp3) is 0.750. The van der Waals surface area contributed by atoms with E-state index in [0.717, 1.165) is 12.5 Å². The van der Waals surface area contributed by atoms with Crippen molar-refractivity contribution < 1.29 is 0 Å². The molecule has 2 fully saturated rings. The van der Waals surface area contributed by atoms with Crippen LogP contribution in [0.4, 0.5) is 0 Å². The van der Waals surface area contributed by atoms with Gasteiger partial charge in [0, 0.05) is 12.2 Å². The van der Waals surface area contributed by atoms with E-state index in [-0.39, 0.29) is 0 Å². The number of rotatable bonds is 3. The number of hydrogen-bond acceptors (Lipinski definition) is 2. The molecule has 15 heavy (non-hydrogen) atoms. The van der Waals surface area contributed by atoms with Gasteiger partial charge in [0.25, 0.3) is 0 Å². The van der Waals surface area contributed by atoms with E-state index >= 15 is 0 Å². The monoisotopic (exact) mass is 205 g/mol. The molecule has 1 saturated carbocycles. The second kappa shape index (κ2) is 3.97. The Balaban J connectivity index is 1.60. The molecule has 0 radical (unpaired) electrons. The Morgan fingerprint density at radius 3 is 3.00 bits per heavy atom. The SMILES string of the molecule is c1nn(C2CC2)cc1CC1CCCCN1.